The summed E-state index contributed by atoms with van der Waals surface area (Å²) in [6.45, 7) is 2.61. The zero-order chi connectivity index (χ0) is 9.10. The summed E-state index contributed by atoms with van der Waals surface area (Å²) in [7, 11) is 0. The molecule has 0 aliphatic carbocycles. The van der Waals surface area contributed by atoms with E-state index in [2.05, 4.69) is 19.7 Å². The van der Waals surface area contributed by atoms with E-state index >= 15 is 0 Å². The highest BCUT2D eigenvalue weighted by Gasteiger charge is 1.99. The fraction of sp³-hybridized carbons (Fsp3) is 0.286. The Morgan fingerprint density at radius 3 is 3.08 bits per heavy atom. The van der Waals surface area contributed by atoms with E-state index in [4.69, 9.17) is 0 Å². The lowest BCUT2D eigenvalue weighted by molar-refractivity contribution is 1.08. The topological polar surface area (TPSA) is 50.7 Å². The molecule has 0 aliphatic heterocycles. The molecule has 4 nitrogen and oxygen atoms in total. The van der Waals surface area contributed by atoms with Gasteiger partial charge in [-0.2, -0.15) is 4.37 Å². The summed E-state index contributed by atoms with van der Waals surface area (Å²) in [5.41, 5.74) is 0. The Kier molecular flexibility index (Phi) is 2.51. The Bertz CT molecular complexity index is 368. The minimum Gasteiger partial charge on any atom is -0.354 e. The Balaban J connectivity index is 1.93. The molecule has 2 heterocycles. The smallest absolute Gasteiger partial charge is 0.202 e. The zero-order valence-corrected chi connectivity index (χ0v) is 8.65. The number of aromatic nitrogens is 3. The van der Waals surface area contributed by atoms with Gasteiger partial charge in [0.2, 0.25) is 5.13 Å². The maximum Gasteiger partial charge on any atom is 0.202 e. The van der Waals surface area contributed by atoms with E-state index in [1.165, 1.54) is 11.5 Å². The van der Waals surface area contributed by atoms with Gasteiger partial charge in [-0.05, 0) is 6.92 Å². The number of nitrogens with zero attached hydrogens (tertiary/aromatic N) is 3. The predicted molar refractivity (Wildman–Crippen MR) is 54.1 cm³/mol. The van der Waals surface area contributed by atoms with Crippen LogP contribution in [0.4, 0.5) is 5.13 Å². The maximum atomic E-state index is 4.18. The van der Waals surface area contributed by atoms with Gasteiger partial charge in [0.05, 0.1) is 6.54 Å². The molecule has 0 unspecified atom stereocenters. The molecular weight excluding hydrogens is 204 g/mol. The van der Waals surface area contributed by atoms with E-state index in [9.17, 15) is 0 Å². The van der Waals surface area contributed by atoms with Crippen molar-refractivity contribution in [3.8, 4) is 0 Å². The summed E-state index contributed by atoms with van der Waals surface area (Å²) in [5, 5.41) is 7.04. The van der Waals surface area contributed by atoms with Gasteiger partial charge in [0.15, 0.2) is 0 Å². The Hall–Kier alpha value is -1.01. The van der Waals surface area contributed by atoms with Gasteiger partial charge in [-0.1, -0.05) is 0 Å². The van der Waals surface area contributed by atoms with Crippen molar-refractivity contribution in [1.29, 1.82) is 0 Å². The molecule has 2 aromatic rings. The van der Waals surface area contributed by atoms with Crippen LogP contribution in [-0.4, -0.2) is 14.3 Å². The number of hydrogen-bond donors (Lipinski definition) is 1. The van der Waals surface area contributed by atoms with Crippen molar-refractivity contribution < 1.29 is 0 Å². The molecule has 0 bridgehead atoms. The van der Waals surface area contributed by atoms with Gasteiger partial charge in [-0.15, -0.1) is 11.3 Å². The Morgan fingerprint density at radius 1 is 1.54 bits per heavy atom. The molecule has 6 heteroatoms. The second-order valence-corrected chi connectivity index (χ2v) is 4.16. The summed E-state index contributed by atoms with van der Waals surface area (Å²) in [6.07, 6.45) is 1.80. The number of aryl methyl sites for hydroxylation is 1. The first-order valence-electron chi connectivity index (χ1n) is 3.77. The fourth-order valence-corrected chi connectivity index (χ4v) is 1.99. The molecule has 0 atom stereocenters. The lowest BCUT2D eigenvalue weighted by Gasteiger charge is -1.96. The molecular formula is C7H8N4S2. The Morgan fingerprint density at radius 2 is 2.46 bits per heavy atom. The molecule has 0 aromatic carbocycles. The van der Waals surface area contributed by atoms with Crippen molar-refractivity contribution in [2.24, 2.45) is 0 Å². The van der Waals surface area contributed by atoms with Crippen LogP contribution in [-0.2, 0) is 6.54 Å². The van der Waals surface area contributed by atoms with Crippen LogP contribution < -0.4 is 5.32 Å². The highest BCUT2D eigenvalue weighted by molar-refractivity contribution is 7.10. The molecule has 13 heavy (non-hydrogen) atoms. The zero-order valence-electron chi connectivity index (χ0n) is 7.02. The number of nitrogens with one attached hydrogen (secondary N) is 1. The van der Waals surface area contributed by atoms with E-state index in [-0.39, 0.29) is 0 Å². The van der Waals surface area contributed by atoms with Crippen molar-refractivity contribution in [3.63, 3.8) is 0 Å². The summed E-state index contributed by atoms with van der Waals surface area (Å²) < 4.78 is 4.07. The van der Waals surface area contributed by atoms with E-state index in [0.717, 1.165) is 22.5 Å². The number of anilines is 1. The normalized spacial score (nSPS) is 10.2. The maximum absolute atomic E-state index is 4.18. The molecule has 0 saturated carbocycles. The summed E-state index contributed by atoms with van der Waals surface area (Å²) in [4.78, 5) is 8.33. The SMILES string of the molecule is Cc1nsc(NCc2nccs2)n1. The molecule has 2 rings (SSSR count). The van der Waals surface area contributed by atoms with Crippen LogP contribution in [0.2, 0.25) is 0 Å². The molecule has 0 saturated heterocycles. The first-order chi connectivity index (χ1) is 6.34. The van der Waals surface area contributed by atoms with Crippen LogP contribution in [0.5, 0.6) is 0 Å². The van der Waals surface area contributed by atoms with Crippen molar-refractivity contribution in [1.82, 2.24) is 14.3 Å². The van der Waals surface area contributed by atoms with Gasteiger partial charge in [0.1, 0.15) is 10.8 Å². The van der Waals surface area contributed by atoms with Crippen LogP contribution in [0.15, 0.2) is 11.6 Å². The van der Waals surface area contributed by atoms with Gasteiger partial charge in [0, 0.05) is 23.1 Å². The third-order valence-electron chi connectivity index (χ3n) is 1.40. The predicted octanol–water partition coefficient (Wildman–Crippen LogP) is 1.92. The average molecular weight is 212 g/mol. The van der Waals surface area contributed by atoms with Gasteiger partial charge < -0.3 is 5.32 Å². The number of hydrogen-bond acceptors (Lipinski definition) is 6. The van der Waals surface area contributed by atoms with Crippen molar-refractivity contribution in [3.05, 3.63) is 22.4 Å². The monoisotopic (exact) mass is 212 g/mol. The fourth-order valence-electron chi connectivity index (χ4n) is 0.860. The van der Waals surface area contributed by atoms with Crippen molar-refractivity contribution >= 4 is 28.0 Å². The minimum atomic E-state index is 0.728. The molecule has 0 radical (unpaired) electrons. The second-order valence-electron chi connectivity index (χ2n) is 2.43. The average Bonchev–Trinajstić information content (AvgIpc) is 2.71. The molecule has 1 N–H and O–H groups in total. The van der Waals surface area contributed by atoms with Crippen LogP contribution >= 0.6 is 22.9 Å². The molecule has 0 spiro atoms. The third kappa shape index (κ3) is 2.22. The summed E-state index contributed by atoms with van der Waals surface area (Å²) in [6, 6.07) is 0. The highest BCUT2D eigenvalue weighted by Crippen LogP contribution is 2.12. The lowest BCUT2D eigenvalue weighted by Crippen LogP contribution is -1.97. The standard InChI is InChI=1S/C7H8N4S2/c1-5-10-7(13-11-5)9-4-6-8-2-3-12-6/h2-3H,4H2,1H3,(H,9,10,11). The van der Waals surface area contributed by atoms with Crippen LogP contribution in [0.25, 0.3) is 0 Å². The van der Waals surface area contributed by atoms with Crippen LogP contribution in [0, 0.1) is 6.92 Å². The van der Waals surface area contributed by atoms with E-state index in [1.807, 2.05) is 12.3 Å². The summed E-state index contributed by atoms with van der Waals surface area (Å²) >= 11 is 3.01. The second kappa shape index (κ2) is 3.80. The largest absolute Gasteiger partial charge is 0.354 e. The van der Waals surface area contributed by atoms with Crippen LogP contribution in [0.1, 0.15) is 10.8 Å². The molecule has 0 aliphatic rings. The quantitative estimate of drug-likeness (QED) is 0.844. The number of rotatable bonds is 3. The summed E-state index contributed by atoms with van der Waals surface area (Å²) in [5.74, 6) is 0.812. The van der Waals surface area contributed by atoms with Gasteiger partial charge in [-0.25, -0.2) is 9.97 Å². The molecule has 0 amide bonds. The van der Waals surface area contributed by atoms with Gasteiger partial charge in [0.25, 0.3) is 0 Å². The molecule has 0 fully saturated rings. The first-order valence-corrected chi connectivity index (χ1v) is 5.42. The third-order valence-corrected chi connectivity index (χ3v) is 2.95. The van der Waals surface area contributed by atoms with Crippen molar-refractivity contribution in [2.45, 2.75) is 13.5 Å². The van der Waals surface area contributed by atoms with Gasteiger partial charge >= 0.3 is 0 Å². The lowest BCUT2D eigenvalue weighted by atomic mass is 10.7. The van der Waals surface area contributed by atoms with E-state index in [0.29, 0.717) is 0 Å². The first kappa shape index (κ1) is 8.58. The van der Waals surface area contributed by atoms with Crippen molar-refractivity contribution in [2.75, 3.05) is 5.32 Å². The Labute approximate surface area is 83.8 Å². The molecule has 2 aromatic heterocycles. The van der Waals surface area contributed by atoms with E-state index < -0.39 is 0 Å². The van der Waals surface area contributed by atoms with Crippen LogP contribution in [0.3, 0.4) is 0 Å². The highest BCUT2D eigenvalue weighted by atomic mass is 32.1. The molecule has 68 valence electrons. The van der Waals surface area contributed by atoms with E-state index in [1.54, 1.807) is 17.5 Å². The van der Waals surface area contributed by atoms with Gasteiger partial charge in [-0.3, -0.25) is 0 Å². The number of thiazole rings is 1. The minimum absolute atomic E-state index is 0.728.